The van der Waals surface area contributed by atoms with Crippen LogP contribution in [0.4, 0.5) is 5.69 Å². The van der Waals surface area contributed by atoms with Crippen LogP contribution in [-0.2, 0) is 10.0 Å². The van der Waals surface area contributed by atoms with Crippen molar-refractivity contribution in [2.45, 2.75) is 11.8 Å². The first kappa shape index (κ1) is 21.8. The lowest BCUT2D eigenvalue weighted by molar-refractivity contribution is 0.0954. The zero-order valence-electron chi connectivity index (χ0n) is 15.8. The highest BCUT2D eigenvalue weighted by molar-refractivity contribution is 7.92. The summed E-state index contributed by atoms with van der Waals surface area (Å²) in [4.78, 5) is 12.4. The van der Waals surface area contributed by atoms with Crippen LogP contribution < -0.4 is 10.1 Å². The molecule has 2 N–H and O–H groups in total. The van der Waals surface area contributed by atoms with Gasteiger partial charge in [-0.25, -0.2) is 13.8 Å². The smallest absolute Gasteiger partial charge is 0.271 e. The molecule has 0 fully saturated rings. The van der Waals surface area contributed by atoms with Crippen molar-refractivity contribution in [3.05, 3.63) is 94.0 Å². The Balaban J connectivity index is 1.77. The fourth-order valence-corrected chi connectivity index (χ4v) is 4.05. The average molecular weight is 462 g/mol. The molecule has 0 bridgehead atoms. The minimum atomic E-state index is -3.89. The van der Waals surface area contributed by atoms with Crippen LogP contribution in [0.3, 0.4) is 0 Å². The molecule has 9 heteroatoms. The summed E-state index contributed by atoms with van der Waals surface area (Å²) >= 11 is 11.9. The number of nitrogens with one attached hydrogen (secondary N) is 2. The van der Waals surface area contributed by atoms with Crippen molar-refractivity contribution in [3.63, 3.8) is 0 Å². The highest BCUT2D eigenvalue weighted by Gasteiger charge is 2.16. The summed E-state index contributed by atoms with van der Waals surface area (Å²) in [5, 5.41) is 5.05. The first-order valence-electron chi connectivity index (χ1n) is 8.74. The fourth-order valence-electron chi connectivity index (χ4n) is 2.55. The zero-order chi connectivity index (χ0) is 21.7. The molecule has 3 rings (SSSR count). The molecule has 0 aliphatic heterocycles. The Labute approximate surface area is 184 Å². The third-order valence-electron chi connectivity index (χ3n) is 4.09. The van der Waals surface area contributed by atoms with E-state index in [4.69, 9.17) is 23.2 Å². The highest BCUT2D eigenvalue weighted by atomic mass is 35.5. The molecule has 0 saturated heterocycles. The van der Waals surface area contributed by atoms with Gasteiger partial charge in [-0.05, 0) is 55.5 Å². The van der Waals surface area contributed by atoms with E-state index in [1.807, 2.05) is 6.07 Å². The van der Waals surface area contributed by atoms with Crippen molar-refractivity contribution in [3.8, 4) is 0 Å². The Kier molecular flexibility index (Phi) is 6.77. The molecule has 3 aromatic carbocycles. The predicted molar refractivity (Wildman–Crippen MR) is 120 cm³/mol. The number of nitrogens with zero attached hydrogens (tertiary/aromatic N) is 1. The van der Waals surface area contributed by atoms with Gasteiger partial charge < -0.3 is 0 Å². The third kappa shape index (κ3) is 5.38. The normalized spacial score (nSPS) is 11.8. The second-order valence-corrected chi connectivity index (χ2v) is 8.78. The molecule has 0 aromatic heterocycles. The number of rotatable bonds is 6. The quantitative estimate of drug-likeness (QED) is 0.402. The van der Waals surface area contributed by atoms with Crippen LogP contribution in [0.25, 0.3) is 0 Å². The van der Waals surface area contributed by atoms with E-state index in [9.17, 15) is 13.2 Å². The van der Waals surface area contributed by atoms with Crippen molar-refractivity contribution < 1.29 is 13.2 Å². The van der Waals surface area contributed by atoms with Gasteiger partial charge in [-0.15, -0.1) is 0 Å². The van der Waals surface area contributed by atoms with Crippen LogP contribution in [0.15, 0.2) is 82.8 Å². The number of benzene rings is 3. The molecule has 0 saturated carbocycles. The van der Waals surface area contributed by atoms with E-state index < -0.39 is 15.9 Å². The lowest BCUT2D eigenvalue weighted by Gasteiger charge is -2.09. The molecule has 3 aromatic rings. The van der Waals surface area contributed by atoms with Gasteiger partial charge in [-0.3, -0.25) is 9.52 Å². The number of carbonyl (C=O) groups excluding carboxylic acids is 1. The predicted octanol–water partition coefficient (Wildman–Crippen LogP) is 4.95. The summed E-state index contributed by atoms with van der Waals surface area (Å²) in [5.41, 5.74) is 4.12. The molecule has 0 aliphatic rings. The van der Waals surface area contributed by atoms with Gasteiger partial charge in [0.2, 0.25) is 0 Å². The van der Waals surface area contributed by atoms with Crippen LogP contribution in [0, 0.1) is 0 Å². The molecular formula is C21H17Cl2N3O3S. The second kappa shape index (κ2) is 9.30. The van der Waals surface area contributed by atoms with Crippen molar-refractivity contribution in [1.29, 1.82) is 0 Å². The number of anilines is 1. The SMILES string of the molecule is CC(=NNC(=O)c1cccc(S(=O)(=O)Nc2ccc(Cl)cc2)c1)c1ccccc1Cl. The van der Waals surface area contributed by atoms with Crippen LogP contribution in [-0.4, -0.2) is 20.0 Å². The Morgan fingerprint density at radius 2 is 1.63 bits per heavy atom. The maximum Gasteiger partial charge on any atom is 0.271 e. The summed E-state index contributed by atoms with van der Waals surface area (Å²) in [6.45, 7) is 1.71. The van der Waals surface area contributed by atoms with Gasteiger partial charge in [-0.2, -0.15) is 5.10 Å². The summed E-state index contributed by atoms with van der Waals surface area (Å²) in [5.74, 6) is -0.551. The molecule has 1 amide bonds. The molecular weight excluding hydrogens is 445 g/mol. The molecule has 0 heterocycles. The number of halogens is 2. The molecule has 154 valence electrons. The van der Waals surface area contributed by atoms with Crippen molar-refractivity contribution in [2.24, 2.45) is 5.10 Å². The maximum atomic E-state index is 12.6. The standard InChI is InChI=1S/C21H17Cl2N3O3S/c1-14(19-7-2-3-8-20(19)23)24-25-21(27)15-5-4-6-18(13-15)30(28,29)26-17-11-9-16(22)10-12-17/h2-13,26H,1H3,(H,25,27). The minimum absolute atomic E-state index is 0.0584. The molecule has 0 radical (unpaired) electrons. The average Bonchev–Trinajstić information content (AvgIpc) is 2.73. The van der Waals surface area contributed by atoms with Crippen LogP contribution in [0.2, 0.25) is 10.0 Å². The molecule has 0 unspecified atom stereocenters. The van der Waals surface area contributed by atoms with Crippen LogP contribution >= 0.6 is 23.2 Å². The minimum Gasteiger partial charge on any atom is -0.280 e. The van der Waals surface area contributed by atoms with Crippen molar-refractivity contribution >= 4 is 50.5 Å². The first-order valence-corrected chi connectivity index (χ1v) is 11.0. The van der Waals surface area contributed by atoms with Gasteiger partial charge in [0, 0.05) is 26.9 Å². The van der Waals surface area contributed by atoms with Gasteiger partial charge in [0.05, 0.1) is 10.6 Å². The van der Waals surface area contributed by atoms with Gasteiger partial charge in [0.15, 0.2) is 0 Å². The fraction of sp³-hybridized carbons (Fsp3) is 0.0476. The topological polar surface area (TPSA) is 87.6 Å². The molecule has 0 spiro atoms. The van der Waals surface area contributed by atoms with E-state index >= 15 is 0 Å². The lowest BCUT2D eigenvalue weighted by atomic mass is 10.1. The summed E-state index contributed by atoms with van der Waals surface area (Å²) < 4.78 is 27.7. The summed E-state index contributed by atoms with van der Waals surface area (Å²) in [6.07, 6.45) is 0. The van der Waals surface area contributed by atoms with Gasteiger partial charge in [0.25, 0.3) is 15.9 Å². The summed E-state index contributed by atoms with van der Waals surface area (Å²) in [7, 11) is -3.89. The highest BCUT2D eigenvalue weighted by Crippen LogP contribution is 2.19. The summed E-state index contributed by atoms with van der Waals surface area (Å²) in [6, 6.07) is 19.0. The van der Waals surface area contributed by atoms with E-state index in [0.29, 0.717) is 27.0 Å². The van der Waals surface area contributed by atoms with E-state index in [2.05, 4.69) is 15.2 Å². The molecule has 30 heavy (non-hydrogen) atoms. The zero-order valence-corrected chi connectivity index (χ0v) is 18.1. The first-order chi connectivity index (χ1) is 14.3. The number of carbonyl (C=O) groups is 1. The molecule has 0 aliphatic carbocycles. The Morgan fingerprint density at radius 1 is 0.933 bits per heavy atom. The van der Waals surface area contributed by atoms with Crippen LogP contribution in [0.1, 0.15) is 22.8 Å². The Bertz CT molecular complexity index is 1210. The second-order valence-electron chi connectivity index (χ2n) is 6.26. The van der Waals surface area contributed by atoms with Crippen LogP contribution in [0.5, 0.6) is 0 Å². The molecule has 6 nitrogen and oxygen atoms in total. The van der Waals surface area contributed by atoms with Crippen molar-refractivity contribution in [1.82, 2.24) is 5.43 Å². The van der Waals surface area contributed by atoms with Gasteiger partial charge >= 0.3 is 0 Å². The monoisotopic (exact) mass is 461 g/mol. The number of sulfonamides is 1. The third-order valence-corrected chi connectivity index (χ3v) is 6.05. The molecule has 0 atom stereocenters. The Hall–Kier alpha value is -2.87. The van der Waals surface area contributed by atoms with Gasteiger partial charge in [-0.1, -0.05) is 47.5 Å². The lowest BCUT2D eigenvalue weighted by Crippen LogP contribution is -2.20. The van der Waals surface area contributed by atoms with E-state index in [0.717, 1.165) is 0 Å². The van der Waals surface area contributed by atoms with E-state index in [1.165, 1.54) is 24.3 Å². The van der Waals surface area contributed by atoms with E-state index in [-0.39, 0.29) is 10.5 Å². The maximum absolute atomic E-state index is 12.6. The van der Waals surface area contributed by atoms with Gasteiger partial charge in [0.1, 0.15) is 0 Å². The number of amides is 1. The largest absolute Gasteiger partial charge is 0.280 e. The van der Waals surface area contributed by atoms with E-state index in [1.54, 1.807) is 49.4 Å². The number of hydrogen-bond acceptors (Lipinski definition) is 4. The van der Waals surface area contributed by atoms with Crippen molar-refractivity contribution in [2.75, 3.05) is 4.72 Å². The number of hydrogen-bond donors (Lipinski definition) is 2. The number of hydrazone groups is 1. The Morgan fingerprint density at radius 3 is 2.33 bits per heavy atom.